The highest BCUT2D eigenvalue weighted by Crippen LogP contribution is 2.22. The minimum Gasteiger partial charge on any atom is -0.474 e. The van der Waals surface area contributed by atoms with Crippen LogP contribution >= 0.6 is 0 Å². The zero-order chi connectivity index (χ0) is 14.8. The van der Waals surface area contributed by atoms with Gasteiger partial charge in [-0.25, -0.2) is 14.6 Å². The number of rotatable bonds is 2. The largest absolute Gasteiger partial charge is 0.869 e. The van der Waals surface area contributed by atoms with Crippen LogP contribution in [0.3, 0.4) is 0 Å². The van der Waals surface area contributed by atoms with Crippen LogP contribution in [0.2, 0.25) is 0 Å². The average Bonchev–Trinajstić information content (AvgIpc) is 2.47. The third-order valence-corrected chi connectivity index (χ3v) is 2.64. The predicted molar refractivity (Wildman–Crippen MR) is 68.5 cm³/mol. The number of aromatic amines is 1. The second kappa shape index (κ2) is 5.12. The molecule has 1 aliphatic rings. The molecule has 8 nitrogen and oxygen atoms in total. The van der Waals surface area contributed by atoms with Gasteiger partial charge in [0, 0.05) is 12.4 Å². The van der Waals surface area contributed by atoms with E-state index in [9.17, 15) is 14.4 Å². The molecule has 1 aliphatic heterocycles. The SMILES string of the molecule is O=C1OB(OC(=O)c2ccc[nH]c2=O)Oc2ncccc21. The molecule has 104 valence electrons. The molecule has 3 heterocycles. The smallest absolute Gasteiger partial charge is 0.474 e. The summed E-state index contributed by atoms with van der Waals surface area (Å²) in [6.07, 6.45) is 2.79. The van der Waals surface area contributed by atoms with Crippen LogP contribution in [0, 0.1) is 0 Å². The maximum Gasteiger partial charge on any atom is 0.869 e. The first-order chi connectivity index (χ1) is 10.1. The van der Waals surface area contributed by atoms with Gasteiger partial charge in [0.25, 0.3) is 5.56 Å². The van der Waals surface area contributed by atoms with Crippen molar-refractivity contribution < 1.29 is 23.6 Å². The van der Waals surface area contributed by atoms with Gasteiger partial charge in [-0.3, -0.25) is 4.79 Å². The maximum atomic E-state index is 11.8. The number of aromatic nitrogens is 2. The Labute approximate surface area is 117 Å². The Hall–Kier alpha value is -3.10. The topological polar surface area (TPSA) is 108 Å². The minimum absolute atomic E-state index is 0.00600. The summed E-state index contributed by atoms with van der Waals surface area (Å²) in [6, 6.07) is 5.74. The van der Waals surface area contributed by atoms with Gasteiger partial charge in [0.1, 0.15) is 11.1 Å². The fourth-order valence-corrected chi connectivity index (χ4v) is 1.69. The lowest BCUT2D eigenvalue weighted by Gasteiger charge is -2.19. The molecule has 0 fully saturated rings. The molecule has 0 atom stereocenters. The van der Waals surface area contributed by atoms with Gasteiger partial charge in [0.05, 0.1) is 0 Å². The van der Waals surface area contributed by atoms with Crippen LogP contribution < -0.4 is 10.2 Å². The molecule has 9 heteroatoms. The van der Waals surface area contributed by atoms with Gasteiger partial charge >= 0.3 is 19.3 Å². The number of nitrogens with one attached hydrogen (secondary N) is 1. The second-order valence-corrected chi connectivity index (χ2v) is 3.99. The van der Waals surface area contributed by atoms with Gasteiger partial charge in [0.2, 0.25) is 5.88 Å². The molecular formula is C12H7BN2O6. The summed E-state index contributed by atoms with van der Waals surface area (Å²) < 4.78 is 14.7. The summed E-state index contributed by atoms with van der Waals surface area (Å²) in [5.74, 6) is -1.72. The zero-order valence-electron chi connectivity index (χ0n) is 10.4. The molecule has 0 saturated heterocycles. The number of carbonyl (C=O) groups excluding carboxylic acids is 2. The van der Waals surface area contributed by atoms with E-state index in [-0.39, 0.29) is 17.0 Å². The Morgan fingerprint density at radius 1 is 1.24 bits per heavy atom. The number of H-pyrrole nitrogens is 1. The third kappa shape index (κ3) is 2.48. The fraction of sp³-hybridized carbons (Fsp3) is 0. The van der Waals surface area contributed by atoms with Crippen LogP contribution in [-0.4, -0.2) is 29.2 Å². The summed E-state index contributed by atoms with van der Waals surface area (Å²) in [7, 11) is -1.59. The summed E-state index contributed by atoms with van der Waals surface area (Å²) in [6.45, 7) is 0. The van der Waals surface area contributed by atoms with Crippen molar-refractivity contribution in [2.45, 2.75) is 0 Å². The molecule has 0 radical (unpaired) electrons. The highest BCUT2D eigenvalue weighted by atomic mass is 16.8. The van der Waals surface area contributed by atoms with Gasteiger partial charge < -0.3 is 18.9 Å². The highest BCUT2D eigenvalue weighted by molar-refractivity contribution is 6.45. The van der Waals surface area contributed by atoms with E-state index >= 15 is 0 Å². The minimum atomic E-state index is -1.59. The van der Waals surface area contributed by atoms with E-state index < -0.39 is 24.8 Å². The van der Waals surface area contributed by atoms with E-state index in [4.69, 9.17) is 14.0 Å². The van der Waals surface area contributed by atoms with E-state index in [1.54, 1.807) is 6.07 Å². The number of fused-ring (bicyclic) bond motifs is 1. The molecule has 2 aromatic rings. The molecule has 0 amide bonds. The summed E-state index contributed by atoms with van der Waals surface area (Å²) in [4.78, 5) is 41.1. The van der Waals surface area contributed by atoms with E-state index in [0.717, 1.165) is 0 Å². The van der Waals surface area contributed by atoms with Crippen LogP contribution in [0.5, 0.6) is 5.88 Å². The monoisotopic (exact) mass is 286 g/mol. The number of nitrogens with zero attached hydrogens (tertiary/aromatic N) is 1. The Morgan fingerprint density at radius 3 is 2.90 bits per heavy atom. The number of hydrogen-bond donors (Lipinski definition) is 1. The molecule has 0 aliphatic carbocycles. The van der Waals surface area contributed by atoms with Crippen molar-refractivity contribution in [3.8, 4) is 5.88 Å². The maximum absolute atomic E-state index is 11.8. The van der Waals surface area contributed by atoms with Crippen LogP contribution in [0.25, 0.3) is 0 Å². The Bertz CT molecular complexity index is 774. The van der Waals surface area contributed by atoms with Crippen molar-refractivity contribution in [2.75, 3.05) is 0 Å². The lowest BCUT2D eigenvalue weighted by Crippen LogP contribution is -2.40. The number of hydrogen-bond acceptors (Lipinski definition) is 7. The lowest BCUT2D eigenvalue weighted by atomic mass is 10.1. The molecule has 0 saturated carbocycles. The molecule has 2 aromatic heterocycles. The molecule has 1 N–H and O–H groups in total. The Kier molecular flexibility index (Phi) is 3.15. The molecule has 21 heavy (non-hydrogen) atoms. The van der Waals surface area contributed by atoms with E-state index in [0.29, 0.717) is 0 Å². The standard InChI is InChI=1S/C12H7BN2O6/c16-9-7(3-1-5-14-9)11(17)20-13-19-10-8(12(18)21-13)4-2-6-15-10/h1-6H,(H,14,16). The van der Waals surface area contributed by atoms with Gasteiger partial charge in [-0.05, 0) is 24.3 Å². The van der Waals surface area contributed by atoms with E-state index in [2.05, 4.69) is 9.97 Å². The van der Waals surface area contributed by atoms with Crippen molar-refractivity contribution in [1.82, 2.24) is 9.97 Å². The van der Waals surface area contributed by atoms with E-state index in [1.165, 1.54) is 30.6 Å². The Balaban J connectivity index is 1.79. The summed E-state index contributed by atoms with van der Waals surface area (Å²) in [5, 5.41) is 0. The van der Waals surface area contributed by atoms with Crippen LogP contribution in [0.4, 0.5) is 0 Å². The summed E-state index contributed by atoms with van der Waals surface area (Å²) in [5.41, 5.74) is -0.727. The number of carbonyl (C=O) groups is 2. The third-order valence-electron chi connectivity index (χ3n) is 2.64. The van der Waals surface area contributed by atoms with Crippen molar-refractivity contribution in [1.29, 1.82) is 0 Å². The van der Waals surface area contributed by atoms with Crippen molar-refractivity contribution in [2.24, 2.45) is 0 Å². The normalized spacial score (nSPS) is 13.0. The highest BCUT2D eigenvalue weighted by Gasteiger charge is 2.41. The fourth-order valence-electron chi connectivity index (χ4n) is 1.69. The van der Waals surface area contributed by atoms with Crippen molar-refractivity contribution in [3.63, 3.8) is 0 Å². The lowest BCUT2D eigenvalue weighted by molar-refractivity contribution is 0.0491. The second-order valence-electron chi connectivity index (χ2n) is 3.99. The average molecular weight is 286 g/mol. The van der Waals surface area contributed by atoms with Gasteiger partial charge in [-0.1, -0.05) is 0 Å². The molecular weight excluding hydrogens is 279 g/mol. The quantitative estimate of drug-likeness (QED) is 0.783. The van der Waals surface area contributed by atoms with Crippen LogP contribution in [0.1, 0.15) is 20.7 Å². The van der Waals surface area contributed by atoms with Crippen molar-refractivity contribution >= 4 is 19.3 Å². The van der Waals surface area contributed by atoms with Crippen molar-refractivity contribution in [3.05, 3.63) is 58.1 Å². The first-order valence-corrected chi connectivity index (χ1v) is 5.86. The van der Waals surface area contributed by atoms with Gasteiger partial charge in [0.15, 0.2) is 0 Å². The van der Waals surface area contributed by atoms with E-state index in [1.807, 2.05) is 0 Å². The van der Waals surface area contributed by atoms with Crippen LogP contribution in [0.15, 0.2) is 41.5 Å². The molecule has 0 unspecified atom stereocenters. The molecule has 0 aromatic carbocycles. The van der Waals surface area contributed by atoms with Gasteiger partial charge in [-0.15, -0.1) is 0 Å². The zero-order valence-corrected chi connectivity index (χ0v) is 10.4. The predicted octanol–water partition coefficient (Wildman–Crippen LogP) is 0.161. The molecule has 0 spiro atoms. The molecule has 3 rings (SSSR count). The molecule has 0 bridgehead atoms. The van der Waals surface area contributed by atoms with Crippen LogP contribution in [-0.2, 0) is 9.31 Å². The first kappa shape index (κ1) is 12.9. The number of pyridine rings is 2. The van der Waals surface area contributed by atoms with Gasteiger partial charge in [-0.2, -0.15) is 0 Å². The first-order valence-electron chi connectivity index (χ1n) is 5.86. The summed E-state index contributed by atoms with van der Waals surface area (Å²) >= 11 is 0. The Morgan fingerprint density at radius 2 is 2.10 bits per heavy atom.